The second kappa shape index (κ2) is 11.8. The molecule has 0 bridgehead atoms. The Hall–Kier alpha value is -2.79. The SMILES string of the molecule is C=CCOc1ccccc1CNC(=NC)NCc1cccc(CN(C)CC)c1. The zero-order valence-electron chi connectivity index (χ0n) is 17.2. The highest BCUT2D eigenvalue weighted by atomic mass is 16.5. The smallest absolute Gasteiger partial charge is 0.191 e. The van der Waals surface area contributed by atoms with Gasteiger partial charge >= 0.3 is 0 Å². The molecule has 150 valence electrons. The summed E-state index contributed by atoms with van der Waals surface area (Å²) in [6.07, 6.45) is 1.75. The van der Waals surface area contributed by atoms with Gasteiger partial charge in [-0.1, -0.05) is 62.0 Å². The van der Waals surface area contributed by atoms with Crippen LogP contribution in [0.25, 0.3) is 0 Å². The molecule has 0 aliphatic heterocycles. The molecule has 2 aromatic carbocycles. The summed E-state index contributed by atoms with van der Waals surface area (Å²) < 4.78 is 5.71. The van der Waals surface area contributed by atoms with Crippen LogP contribution in [-0.2, 0) is 19.6 Å². The van der Waals surface area contributed by atoms with Crippen molar-refractivity contribution >= 4 is 5.96 Å². The van der Waals surface area contributed by atoms with Crippen molar-refractivity contribution in [2.24, 2.45) is 4.99 Å². The molecule has 0 amide bonds. The lowest BCUT2D eigenvalue weighted by molar-refractivity contribution is 0.345. The number of nitrogens with zero attached hydrogens (tertiary/aromatic N) is 2. The van der Waals surface area contributed by atoms with Crippen LogP contribution in [-0.4, -0.2) is 38.1 Å². The summed E-state index contributed by atoms with van der Waals surface area (Å²) in [7, 11) is 3.91. The van der Waals surface area contributed by atoms with Crippen LogP contribution in [0.2, 0.25) is 0 Å². The molecular formula is C23H32N4O. The Labute approximate surface area is 169 Å². The highest BCUT2D eigenvalue weighted by molar-refractivity contribution is 5.79. The summed E-state index contributed by atoms with van der Waals surface area (Å²) in [5.41, 5.74) is 3.64. The molecule has 0 heterocycles. The molecule has 28 heavy (non-hydrogen) atoms. The van der Waals surface area contributed by atoms with Crippen LogP contribution in [0.4, 0.5) is 0 Å². The second-order valence-electron chi connectivity index (χ2n) is 6.64. The van der Waals surface area contributed by atoms with E-state index in [0.717, 1.165) is 36.9 Å². The number of hydrogen-bond acceptors (Lipinski definition) is 3. The van der Waals surface area contributed by atoms with Gasteiger partial charge in [0.15, 0.2) is 5.96 Å². The lowest BCUT2D eigenvalue weighted by atomic mass is 10.1. The number of aliphatic imine (C=N–C) groups is 1. The van der Waals surface area contributed by atoms with E-state index in [1.54, 1.807) is 13.1 Å². The summed E-state index contributed by atoms with van der Waals surface area (Å²) in [5, 5.41) is 6.73. The van der Waals surface area contributed by atoms with Gasteiger partial charge in [0.25, 0.3) is 0 Å². The van der Waals surface area contributed by atoms with Crippen LogP contribution < -0.4 is 15.4 Å². The number of guanidine groups is 1. The third-order valence-corrected chi connectivity index (χ3v) is 4.44. The van der Waals surface area contributed by atoms with Crippen LogP contribution in [0.1, 0.15) is 23.6 Å². The molecule has 2 aromatic rings. The summed E-state index contributed by atoms with van der Waals surface area (Å²) >= 11 is 0. The summed E-state index contributed by atoms with van der Waals surface area (Å²) in [5.74, 6) is 1.62. The van der Waals surface area contributed by atoms with Crippen LogP contribution in [0.15, 0.2) is 66.2 Å². The van der Waals surface area contributed by atoms with Crippen molar-refractivity contribution in [3.63, 3.8) is 0 Å². The van der Waals surface area contributed by atoms with Crippen molar-refractivity contribution in [3.05, 3.63) is 77.9 Å². The zero-order chi connectivity index (χ0) is 20.2. The average molecular weight is 381 g/mol. The number of nitrogens with one attached hydrogen (secondary N) is 2. The minimum Gasteiger partial charge on any atom is -0.489 e. The fourth-order valence-electron chi connectivity index (χ4n) is 2.79. The van der Waals surface area contributed by atoms with Crippen molar-refractivity contribution in [1.82, 2.24) is 15.5 Å². The topological polar surface area (TPSA) is 48.9 Å². The summed E-state index contributed by atoms with van der Waals surface area (Å²) in [6, 6.07) is 16.6. The van der Waals surface area contributed by atoms with E-state index in [-0.39, 0.29) is 0 Å². The molecule has 2 N–H and O–H groups in total. The van der Waals surface area contributed by atoms with E-state index in [2.05, 4.69) is 65.3 Å². The van der Waals surface area contributed by atoms with Gasteiger partial charge in [0, 0.05) is 32.2 Å². The second-order valence-corrected chi connectivity index (χ2v) is 6.64. The first kappa shape index (κ1) is 21.5. The van der Waals surface area contributed by atoms with Gasteiger partial charge in [0.2, 0.25) is 0 Å². The molecule has 5 heteroatoms. The summed E-state index contributed by atoms with van der Waals surface area (Å²) in [4.78, 5) is 6.61. The number of benzene rings is 2. The quantitative estimate of drug-likeness (QED) is 0.376. The molecular weight excluding hydrogens is 348 g/mol. The Morgan fingerprint density at radius 1 is 1.11 bits per heavy atom. The molecule has 0 radical (unpaired) electrons. The molecule has 0 saturated carbocycles. The van der Waals surface area contributed by atoms with Gasteiger partial charge in [-0.2, -0.15) is 0 Å². The predicted molar refractivity (Wildman–Crippen MR) is 118 cm³/mol. The number of hydrogen-bond donors (Lipinski definition) is 2. The van der Waals surface area contributed by atoms with E-state index in [1.165, 1.54) is 11.1 Å². The van der Waals surface area contributed by atoms with Crippen LogP contribution in [0.3, 0.4) is 0 Å². The number of ether oxygens (including phenoxy) is 1. The first-order valence-corrected chi connectivity index (χ1v) is 9.68. The Bertz CT molecular complexity index is 773. The van der Waals surface area contributed by atoms with Crippen LogP contribution in [0.5, 0.6) is 5.75 Å². The lowest BCUT2D eigenvalue weighted by Gasteiger charge is -2.16. The standard InChI is InChI=1S/C23H32N4O/c1-5-14-28-22-13-8-7-12-21(22)17-26-23(24-3)25-16-19-10-9-11-20(15-19)18-27(4)6-2/h5,7-13,15H,1,6,14,16-18H2,2-4H3,(H2,24,25,26). The Morgan fingerprint density at radius 3 is 2.61 bits per heavy atom. The van der Waals surface area contributed by atoms with Gasteiger partial charge in [0.1, 0.15) is 12.4 Å². The minimum atomic E-state index is 0.494. The van der Waals surface area contributed by atoms with Gasteiger partial charge in [-0.25, -0.2) is 0 Å². The van der Waals surface area contributed by atoms with E-state index in [9.17, 15) is 0 Å². The third kappa shape index (κ3) is 7.08. The fourth-order valence-corrected chi connectivity index (χ4v) is 2.79. The molecule has 0 aliphatic rings. The van der Waals surface area contributed by atoms with Gasteiger partial charge < -0.3 is 20.3 Å². The van der Waals surface area contributed by atoms with E-state index in [4.69, 9.17) is 4.74 Å². The van der Waals surface area contributed by atoms with Crippen molar-refractivity contribution in [3.8, 4) is 5.75 Å². The van der Waals surface area contributed by atoms with E-state index >= 15 is 0 Å². The van der Waals surface area contributed by atoms with Crippen molar-refractivity contribution in [2.45, 2.75) is 26.6 Å². The summed E-state index contributed by atoms with van der Waals surface area (Å²) in [6.45, 7) is 9.71. The molecule has 0 atom stereocenters. The third-order valence-electron chi connectivity index (χ3n) is 4.44. The van der Waals surface area contributed by atoms with E-state index < -0.39 is 0 Å². The van der Waals surface area contributed by atoms with Crippen molar-refractivity contribution in [1.29, 1.82) is 0 Å². The Balaban J connectivity index is 1.90. The number of rotatable bonds is 10. The molecule has 2 rings (SSSR count). The number of para-hydroxylation sites is 1. The fraction of sp³-hybridized carbons (Fsp3) is 0.348. The van der Waals surface area contributed by atoms with Crippen LogP contribution >= 0.6 is 0 Å². The molecule has 5 nitrogen and oxygen atoms in total. The van der Waals surface area contributed by atoms with Gasteiger partial charge in [0.05, 0.1) is 0 Å². The van der Waals surface area contributed by atoms with Crippen LogP contribution in [0, 0.1) is 0 Å². The van der Waals surface area contributed by atoms with Gasteiger partial charge in [-0.3, -0.25) is 4.99 Å². The molecule has 0 spiro atoms. The largest absolute Gasteiger partial charge is 0.489 e. The molecule has 0 saturated heterocycles. The maximum Gasteiger partial charge on any atom is 0.191 e. The Kier molecular flexibility index (Phi) is 9.08. The highest BCUT2D eigenvalue weighted by Crippen LogP contribution is 2.17. The maximum absolute atomic E-state index is 5.71. The predicted octanol–water partition coefficient (Wildman–Crippen LogP) is 3.57. The van der Waals surface area contributed by atoms with Gasteiger partial charge in [-0.05, 0) is 30.8 Å². The maximum atomic E-state index is 5.71. The highest BCUT2D eigenvalue weighted by Gasteiger charge is 2.05. The monoisotopic (exact) mass is 380 g/mol. The molecule has 0 unspecified atom stereocenters. The lowest BCUT2D eigenvalue weighted by Crippen LogP contribution is -2.36. The van der Waals surface area contributed by atoms with E-state index in [1.807, 2.05) is 24.3 Å². The van der Waals surface area contributed by atoms with Gasteiger partial charge in [-0.15, -0.1) is 0 Å². The first-order chi connectivity index (χ1) is 13.7. The van der Waals surface area contributed by atoms with Crippen molar-refractivity contribution in [2.75, 3.05) is 27.2 Å². The minimum absolute atomic E-state index is 0.494. The molecule has 0 fully saturated rings. The van der Waals surface area contributed by atoms with Crippen molar-refractivity contribution < 1.29 is 4.74 Å². The zero-order valence-corrected chi connectivity index (χ0v) is 17.2. The van der Waals surface area contributed by atoms with E-state index in [0.29, 0.717) is 13.2 Å². The first-order valence-electron chi connectivity index (χ1n) is 9.68. The Morgan fingerprint density at radius 2 is 1.86 bits per heavy atom. The molecule has 0 aliphatic carbocycles. The molecule has 0 aromatic heterocycles. The average Bonchev–Trinajstić information content (AvgIpc) is 2.73. The normalized spacial score (nSPS) is 11.4.